The van der Waals surface area contributed by atoms with Crippen LogP contribution in [-0.4, -0.2) is 32.9 Å². The lowest BCUT2D eigenvalue weighted by atomic mass is 9.52. The summed E-state index contributed by atoms with van der Waals surface area (Å²) in [5.41, 5.74) is -0.198. The van der Waals surface area contributed by atoms with Crippen molar-refractivity contribution in [2.45, 2.75) is 51.0 Å². The zero-order valence-corrected chi connectivity index (χ0v) is 14.4. The number of hydrogen-bond donors (Lipinski definition) is 3. The minimum absolute atomic E-state index is 0.0219. The maximum atomic E-state index is 11.3. The van der Waals surface area contributed by atoms with Crippen LogP contribution in [-0.2, 0) is 9.59 Å². The van der Waals surface area contributed by atoms with Gasteiger partial charge in [0.25, 0.3) is 0 Å². The molecule has 3 rings (SSSR count). The highest BCUT2D eigenvalue weighted by Crippen LogP contribution is 2.63. The van der Waals surface area contributed by atoms with Gasteiger partial charge in [-0.05, 0) is 67.4 Å². The van der Waals surface area contributed by atoms with E-state index in [1.54, 1.807) is 0 Å². The maximum Gasteiger partial charge on any atom is 0.328 e. The summed E-state index contributed by atoms with van der Waals surface area (Å²) < 4.78 is 0. The predicted octanol–water partition coefficient (Wildman–Crippen LogP) is 2.61. The van der Waals surface area contributed by atoms with Gasteiger partial charge < -0.3 is 15.3 Å². The van der Waals surface area contributed by atoms with E-state index in [0.717, 1.165) is 31.8 Å². The van der Waals surface area contributed by atoms with Gasteiger partial charge >= 0.3 is 11.9 Å². The molecule has 3 aliphatic carbocycles. The SMILES string of the molecule is C#C[C@]1(O)CC[C@H]2[C@@H]3CCC(=C\C(=O)O)/C(=C/C(=O)O)[C@H]3CC[C@@]21C. The molecule has 0 radical (unpaired) electrons. The summed E-state index contributed by atoms with van der Waals surface area (Å²) >= 11 is 0. The molecule has 3 fully saturated rings. The Hall–Kier alpha value is -2.06. The van der Waals surface area contributed by atoms with Crippen molar-refractivity contribution in [3.63, 3.8) is 0 Å². The second kappa shape index (κ2) is 6.03. The fourth-order valence-electron chi connectivity index (χ4n) is 5.67. The summed E-state index contributed by atoms with van der Waals surface area (Å²) in [4.78, 5) is 22.4. The number of rotatable bonds is 2. The van der Waals surface area contributed by atoms with Gasteiger partial charge in [0.05, 0.1) is 0 Å². The monoisotopic (exact) mass is 344 g/mol. The number of allylic oxidation sites excluding steroid dienone is 2. The van der Waals surface area contributed by atoms with E-state index >= 15 is 0 Å². The van der Waals surface area contributed by atoms with Crippen LogP contribution >= 0.6 is 0 Å². The van der Waals surface area contributed by atoms with Crippen LogP contribution in [0.15, 0.2) is 23.3 Å². The van der Waals surface area contributed by atoms with Gasteiger partial charge in [0, 0.05) is 17.6 Å². The molecule has 0 aromatic rings. The van der Waals surface area contributed by atoms with Crippen molar-refractivity contribution in [3.05, 3.63) is 23.3 Å². The molecular formula is C20H24O5. The Labute approximate surface area is 147 Å². The molecule has 5 nitrogen and oxygen atoms in total. The van der Waals surface area contributed by atoms with Crippen LogP contribution in [0.4, 0.5) is 0 Å². The highest BCUT2D eigenvalue weighted by atomic mass is 16.4. The van der Waals surface area contributed by atoms with Gasteiger partial charge in [-0.1, -0.05) is 12.8 Å². The largest absolute Gasteiger partial charge is 0.478 e. The van der Waals surface area contributed by atoms with Gasteiger partial charge in [0.1, 0.15) is 5.60 Å². The number of aliphatic carboxylic acids is 2. The molecule has 0 bridgehead atoms. The van der Waals surface area contributed by atoms with E-state index in [1.807, 2.05) is 0 Å². The topological polar surface area (TPSA) is 94.8 Å². The summed E-state index contributed by atoms with van der Waals surface area (Å²) in [6, 6.07) is 0. The molecule has 0 aliphatic heterocycles. The van der Waals surface area contributed by atoms with Crippen LogP contribution in [0, 0.1) is 35.5 Å². The van der Waals surface area contributed by atoms with Gasteiger partial charge in [-0.3, -0.25) is 0 Å². The first-order valence-corrected chi connectivity index (χ1v) is 8.80. The second-order valence-electron chi connectivity index (χ2n) is 7.86. The predicted molar refractivity (Wildman–Crippen MR) is 91.5 cm³/mol. The zero-order chi connectivity index (χ0) is 18.4. The lowest BCUT2D eigenvalue weighted by Crippen LogP contribution is -2.50. The van der Waals surface area contributed by atoms with E-state index in [9.17, 15) is 19.8 Å². The maximum absolute atomic E-state index is 11.3. The number of carboxylic acid groups (broad SMARTS) is 2. The molecule has 3 aliphatic rings. The molecule has 0 aromatic carbocycles. The van der Waals surface area contributed by atoms with E-state index < -0.39 is 17.5 Å². The minimum atomic E-state index is -1.10. The van der Waals surface area contributed by atoms with Crippen molar-refractivity contribution in [2.24, 2.45) is 23.2 Å². The van der Waals surface area contributed by atoms with Crippen LogP contribution in [0.25, 0.3) is 0 Å². The van der Waals surface area contributed by atoms with Gasteiger partial charge in [-0.15, -0.1) is 6.42 Å². The van der Waals surface area contributed by atoms with E-state index in [0.29, 0.717) is 24.0 Å². The summed E-state index contributed by atoms with van der Waals surface area (Å²) in [5.74, 6) is 1.00. The van der Waals surface area contributed by atoms with Crippen molar-refractivity contribution in [3.8, 4) is 12.3 Å². The Morgan fingerprint density at radius 3 is 2.44 bits per heavy atom. The van der Waals surface area contributed by atoms with Gasteiger partial charge in [-0.2, -0.15) is 0 Å². The van der Waals surface area contributed by atoms with E-state index in [1.165, 1.54) is 6.08 Å². The molecule has 5 heteroatoms. The summed E-state index contributed by atoms with van der Waals surface area (Å²) in [6.45, 7) is 2.06. The number of carbonyl (C=O) groups is 2. The highest BCUT2D eigenvalue weighted by molar-refractivity contribution is 5.85. The summed E-state index contributed by atoms with van der Waals surface area (Å²) in [7, 11) is 0. The van der Waals surface area contributed by atoms with Crippen LogP contribution in [0.2, 0.25) is 0 Å². The number of fused-ring (bicyclic) bond motifs is 3. The molecule has 3 N–H and O–H groups in total. The van der Waals surface area contributed by atoms with Gasteiger partial charge in [0.2, 0.25) is 0 Å². The quantitative estimate of drug-likeness (QED) is 0.529. The molecular weight excluding hydrogens is 320 g/mol. The second-order valence-corrected chi connectivity index (χ2v) is 7.86. The Bertz CT molecular complexity index is 712. The van der Waals surface area contributed by atoms with E-state index in [4.69, 9.17) is 11.5 Å². The zero-order valence-electron chi connectivity index (χ0n) is 14.4. The smallest absolute Gasteiger partial charge is 0.328 e. The standard InChI is InChI=1S/C20H24O5/c1-3-20(25)9-7-16-14-5-4-12(10-17(21)22)15(11-18(23)24)13(14)6-8-19(16,20)2/h1,10-11,13-14,16,25H,4-9H2,2H3,(H,21,22)(H,23,24)/b12-10+,15-11-/t13-,14+,16-,19-,20-/m0/s1. The lowest BCUT2D eigenvalue weighted by Gasteiger charge is -2.52. The average molecular weight is 344 g/mol. The Balaban J connectivity index is 1.99. The molecule has 0 unspecified atom stereocenters. The molecule has 3 saturated carbocycles. The third kappa shape index (κ3) is 2.69. The van der Waals surface area contributed by atoms with E-state index in [-0.39, 0.29) is 23.2 Å². The molecule has 0 aromatic heterocycles. The number of terminal acetylenes is 1. The molecule has 0 amide bonds. The Morgan fingerprint density at radius 1 is 1.16 bits per heavy atom. The van der Waals surface area contributed by atoms with Crippen LogP contribution in [0.5, 0.6) is 0 Å². The molecule has 25 heavy (non-hydrogen) atoms. The van der Waals surface area contributed by atoms with Crippen LogP contribution in [0.1, 0.15) is 45.4 Å². The Kier molecular flexibility index (Phi) is 4.28. The van der Waals surface area contributed by atoms with Crippen molar-refractivity contribution in [1.29, 1.82) is 0 Å². The van der Waals surface area contributed by atoms with Gasteiger partial charge in [-0.25, -0.2) is 9.59 Å². The average Bonchev–Trinajstić information content (AvgIpc) is 2.81. The van der Waals surface area contributed by atoms with Crippen molar-refractivity contribution < 1.29 is 24.9 Å². The molecule has 0 saturated heterocycles. The minimum Gasteiger partial charge on any atom is -0.478 e. The fraction of sp³-hybridized carbons (Fsp3) is 0.600. The van der Waals surface area contributed by atoms with Crippen molar-refractivity contribution >= 4 is 11.9 Å². The highest BCUT2D eigenvalue weighted by Gasteiger charge is 2.61. The third-order valence-electron chi connectivity index (χ3n) is 6.92. The molecule has 134 valence electrons. The normalized spacial score (nSPS) is 43.3. The molecule has 5 atom stereocenters. The third-order valence-corrected chi connectivity index (χ3v) is 6.92. The number of carboxylic acids is 2. The molecule has 0 heterocycles. The van der Waals surface area contributed by atoms with Crippen LogP contribution in [0.3, 0.4) is 0 Å². The van der Waals surface area contributed by atoms with Crippen molar-refractivity contribution in [1.82, 2.24) is 0 Å². The first-order chi connectivity index (χ1) is 11.7. The van der Waals surface area contributed by atoms with Gasteiger partial charge in [0.15, 0.2) is 0 Å². The Morgan fingerprint density at radius 2 is 1.84 bits per heavy atom. The first-order valence-electron chi connectivity index (χ1n) is 8.80. The number of hydrogen-bond acceptors (Lipinski definition) is 3. The molecule has 0 spiro atoms. The van der Waals surface area contributed by atoms with Crippen molar-refractivity contribution in [2.75, 3.05) is 0 Å². The van der Waals surface area contributed by atoms with Crippen LogP contribution < -0.4 is 0 Å². The summed E-state index contributed by atoms with van der Waals surface area (Å²) in [6.07, 6.45) is 12.2. The van der Waals surface area contributed by atoms with E-state index in [2.05, 4.69) is 12.8 Å². The lowest BCUT2D eigenvalue weighted by molar-refractivity contribution is -0.132. The first kappa shape index (κ1) is 17.8. The number of aliphatic hydroxyl groups is 1. The summed E-state index contributed by atoms with van der Waals surface area (Å²) in [5, 5.41) is 29.2. The fourth-order valence-corrected chi connectivity index (χ4v) is 5.67.